The monoisotopic (exact) mass is 366 g/mol. The van der Waals surface area contributed by atoms with Crippen LogP contribution in [-0.4, -0.2) is 32.7 Å². The molecular weight excluding hydrogens is 348 g/mol. The van der Waals surface area contributed by atoms with Gasteiger partial charge in [-0.05, 0) is 55.3 Å². The molecule has 0 spiro atoms. The van der Waals surface area contributed by atoms with E-state index in [1.165, 1.54) is 20.2 Å². The minimum absolute atomic E-state index is 0.136. The molecule has 5 nitrogen and oxygen atoms in total. The van der Waals surface area contributed by atoms with Gasteiger partial charge in [-0.15, -0.1) is 0 Å². The molecule has 0 saturated heterocycles. The quantitative estimate of drug-likeness (QED) is 0.901. The second-order valence-corrected chi connectivity index (χ2v) is 8.25. The molecule has 128 valence electrons. The van der Waals surface area contributed by atoms with Gasteiger partial charge in [-0.2, -0.15) is 0 Å². The second-order valence-electron chi connectivity index (χ2n) is 5.66. The number of nitrogens with one attached hydrogen (secondary N) is 1. The second kappa shape index (κ2) is 6.93. The van der Waals surface area contributed by atoms with E-state index in [1.807, 2.05) is 6.92 Å². The Morgan fingerprint density at radius 2 is 1.79 bits per heavy atom. The first-order valence-corrected chi connectivity index (χ1v) is 9.05. The molecule has 0 aromatic heterocycles. The molecule has 2 aromatic carbocycles. The average molecular weight is 367 g/mol. The van der Waals surface area contributed by atoms with Crippen molar-refractivity contribution < 1.29 is 13.2 Å². The zero-order valence-corrected chi connectivity index (χ0v) is 15.5. The molecule has 1 N–H and O–H groups in total. The Morgan fingerprint density at radius 3 is 2.38 bits per heavy atom. The van der Waals surface area contributed by atoms with Gasteiger partial charge in [-0.1, -0.05) is 17.7 Å². The van der Waals surface area contributed by atoms with Crippen LogP contribution in [-0.2, 0) is 10.0 Å². The number of carbonyl (C=O) groups is 1. The third kappa shape index (κ3) is 3.77. The van der Waals surface area contributed by atoms with Gasteiger partial charge >= 0.3 is 0 Å². The molecule has 0 heterocycles. The molecule has 0 radical (unpaired) electrons. The third-order valence-corrected chi connectivity index (χ3v) is 5.78. The van der Waals surface area contributed by atoms with Crippen LogP contribution < -0.4 is 5.32 Å². The summed E-state index contributed by atoms with van der Waals surface area (Å²) in [5.41, 5.74) is 2.45. The molecule has 0 saturated carbocycles. The summed E-state index contributed by atoms with van der Waals surface area (Å²) in [5.74, 6) is -0.348. The van der Waals surface area contributed by atoms with E-state index in [0.717, 1.165) is 15.4 Å². The van der Waals surface area contributed by atoms with Crippen LogP contribution in [0.3, 0.4) is 0 Å². The fourth-order valence-corrected chi connectivity index (χ4v) is 3.34. The molecule has 0 aliphatic rings. The molecule has 24 heavy (non-hydrogen) atoms. The van der Waals surface area contributed by atoms with Gasteiger partial charge in [0.05, 0.1) is 4.90 Å². The summed E-state index contributed by atoms with van der Waals surface area (Å²) in [5, 5.41) is 3.22. The molecule has 0 bridgehead atoms. The zero-order chi connectivity index (χ0) is 18.1. The largest absolute Gasteiger partial charge is 0.322 e. The number of amides is 1. The molecule has 2 rings (SSSR count). The third-order valence-electron chi connectivity index (χ3n) is 3.75. The van der Waals surface area contributed by atoms with Crippen LogP contribution in [0.2, 0.25) is 5.02 Å². The summed E-state index contributed by atoms with van der Waals surface area (Å²) in [7, 11) is -0.651. The maximum absolute atomic E-state index is 12.4. The fraction of sp³-hybridized carbons (Fsp3) is 0.235. The Kier molecular flexibility index (Phi) is 5.32. The predicted octanol–water partition coefficient (Wildman–Crippen LogP) is 3.46. The number of benzene rings is 2. The first-order chi connectivity index (χ1) is 11.1. The Hall–Kier alpha value is -1.89. The van der Waals surface area contributed by atoms with Crippen molar-refractivity contribution in [2.24, 2.45) is 0 Å². The van der Waals surface area contributed by atoms with Gasteiger partial charge in [-0.25, -0.2) is 12.7 Å². The highest BCUT2D eigenvalue weighted by Crippen LogP contribution is 2.26. The average Bonchev–Trinajstić information content (AvgIpc) is 2.51. The standard InChI is InChI=1S/C17H19ClN2O3S/c1-11-8-15(24(22,23)20(3)4)10-16(12(11)2)19-17(21)13-6-5-7-14(18)9-13/h5-10H,1-4H3,(H,19,21). The van der Waals surface area contributed by atoms with Gasteiger partial charge in [0, 0.05) is 30.4 Å². The topological polar surface area (TPSA) is 66.5 Å². The lowest BCUT2D eigenvalue weighted by molar-refractivity contribution is 0.102. The van der Waals surface area contributed by atoms with E-state index in [9.17, 15) is 13.2 Å². The van der Waals surface area contributed by atoms with Crippen molar-refractivity contribution >= 4 is 33.2 Å². The number of carbonyl (C=O) groups excluding carboxylic acids is 1. The number of rotatable bonds is 4. The van der Waals surface area contributed by atoms with Crippen molar-refractivity contribution in [3.05, 3.63) is 58.1 Å². The predicted molar refractivity (Wildman–Crippen MR) is 96.2 cm³/mol. The van der Waals surface area contributed by atoms with Crippen LogP contribution in [0.5, 0.6) is 0 Å². The number of sulfonamides is 1. The van der Waals surface area contributed by atoms with Gasteiger partial charge < -0.3 is 5.32 Å². The Bertz CT molecular complexity index is 893. The lowest BCUT2D eigenvalue weighted by atomic mass is 10.1. The van der Waals surface area contributed by atoms with E-state index in [4.69, 9.17) is 11.6 Å². The smallest absolute Gasteiger partial charge is 0.255 e. The number of aryl methyl sites for hydroxylation is 1. The summed E-state index contributed by atoms with van der Waals surface area (Å²) >= 11 is 5.90. The normalized spacial score (nSPS) is 11.6. The maximum Gasteiger partial charge on any atom is 0.255 e. The summed E-state index contributed by atoms with van der Waals surface area (Å²) in [4.78, 5) is 12.5. The van der Waals surface area contributed by atoms with Crippen LogP contribution in [0.1, 0.15) is 21.5 Å². The molecule has 0 atom stereocenters. The molecule has 0 unspecified atom stereocenters. The van der Waals surface area contributed by atoms with Crippen molar-refractivity contribution in [3.8, 4) is 0 Å². The van der Waals surface area contributed by atoms with Gasteiger partial charge in [-0.3, -0.25) is 4.79 Å². The van der Waals surface area contributed by atoms with Crippen LogP contribution in [0.4, 0.5) is 5.69 Å². The van der Waals surface area contributed by atoms with Gasteiger partial charge in [0.2, 0.25) is 10.0 Å². The molecule has 1 amide bonds. The first-order valence-electron chi connectivity index (χ1n) is 7.23. The van der Waals surface area contributed by atoms with Crippen LogP contribution in [0.15, 0.2) is 41.3 Å². The first kappa shape index (κ1) is 18.4. The molecule has 0 aliphatic carbocycles. The van der Waals surface area contributed by atoms with Gasteiger partial charge in [0.15, 0.2) is 0 Å². The van der Waals surface area contributed by atoms with E-state index >= 15 is 0 Å². The summed E-state index contributed by atoms with van der Waals surface area (Å²) < 4.78 is 25.8. The van der Waals surface area contributed by atoms with Crippen molar-refractivity contribution in [2.75, 3.05) is 19.4 Å². The molecule has 2 aromatic rings. The lowest BCUT2D eigenvalue weighted by Crippen LogP contribution is -2.23. The zero-order valence-electron chi connectivity index (χ0n) is 13.9. The van der Waals surface area contributed by atoms with E-state index in [0.29, 0.717) is 16.3 Å². The van der Waals surface area contributed by atoms with E-state index in [-0.39, 0.29) is 10.8 Å². The van der Waals surface area contributed by atoms with Crippen molar-refractivity contribution in [3.63, 3.8) is 0 Å². The number of hydrogen-bond donors (Lipinski definition) is 1. The molecule has 0 aliphatic heterocycles. The number of hydrogen-bond acceptors (Lipinski definition) is 3. The Balaban J connectivity index is 2.44. The summed E-state index contributed by atoms with van der Waals surface area (Å²) in [6.07, 6.45) is 0. The highest BCUT2D eigenvalue weighted by atomic mass is 35.5. The Morgan fingerprint density at radius 1 is 1.12 bits per heavy atom. The van der Waals surface area contributed by atoms with Gasteiger partial charge in [0.1, 0.15) is 0 Å². The van der Waals surface area contributed by atoms with Crippen molar-refractivity contribution in [2.45, 2.75) is 18.7 Å². The minimum atomic E-state index is -3.58. The van der Waals surface area contributed by atoms with Crippen molar-refractivity contribution in [1.29, 1.82) is 0 Å². The number of nitrogens with zero attached hydrogens (tertiary/aromatic N) is 1. The lowest BCUT2D eigenvalue weighted by Gasteiger charge is -2.16. The highest BCUT2D eigenvalue weighted by molar-refractivity contribution is 7.89. The van der Waals surface area contributed by atoms with E-state index in [2.05, 4.69) is 5.32 Å². The fourth-order valence-electron chi connectivity index (χ4n) is 2.14. The van der Waals surface area contributed by atoms with E-state index in [1.54, 1.807) is 37.3 Å². The molecule has 0 fully saturated rings. The van der Waals surface area contributed by atoms with Crippen molar-refractivity contribution in [1.82, 2.24) is 4.31 Å². The SMILES string of the molecule is Cc1cc(S(=O)(=O)N(C)C)cc(NC(=O)c2cccc(Cl)c2)c1C. The van der Waals surface area contributed by atoms with E-state index < -0.39 is 10.0 Å². The maximum atomic E-state index is 12.4. The number of halogens is 1. The summed E-state index contributed by atoms with van der Waals surface area (Å²) in [6, 6.07) is 9.63. The molecular formula is C17H19ClN2O3S. The minimum Gasteiger partial charge on any atom is -0.322 e. The van der Waals surface area contributed by atoms with Gasteiger partial charge in [0.25, 0.3) is 5.91 Å². The number of anilines is 1. The Labute approximate surface area is 147 Å². The van der Waals surface area contributed by atoms with Crippen LogP contribution >= 0.6 is 11.6 Å². The summed E-state index contributed by atoms with van der Waals surface area (Å²) in [6.45, 7) is 3.63. The molecule has 7 heteroatoms. The van der Waals surface area contributed by atoms with Crippen LogP contribution in [0, 0.1) is 13.8 Å². The highest BCUT2D eigenvalue weighted by Gasteiger charge is 2.20. The van der Waals surface area contributed by atoms with Crippen LogP contribution in [0.25, 0.3) is 0 Å².